The van der Waals surface area contributed by atoms with Crippen molar-refractivity contribution in [2.75, 3.05) is 19.8 Å². The molecule has 0 saturated carbocycles. The van der Waals surface area contributed by atoms with E-state index in [4.69, 9.17) is 24.8 Å². The van der Waals surface area contributed by atoms with Gasteiger partial charge < -0.3 is 50.3 Å². The Morgan fingerprint density at radius 1 is 0.913 bits per heavy atom. The molecular formula is C13H26O10. The Morgan fingerprint density at radius 3 is 1.96 bits per heavy atom. The number of hydrogen-bond donors (Lipinski definition) is 8. The largest absolute Gasteiger partial charge is 0.394 e. The molecule has 0 aliphatic carbocycles. The van der Waals surface area contributed by atoms with Crippen molar-refractivity contribution in [1.82, 2.24) is 0 Å². The molecule has 1 fully saturated rings. The topological polar surface area (TPSA) is 180 Å². The molecule has 10 heteroatoms. The van der Waals surface area contributed by atoms with E-state index in [1.807, 2.05) is 0 Å². The number of hydrogen-bond acceptors (Lipinski definition) is 10. The first-order chi connectivity index (χ1) is 10.8. The van der Waals surface area contributed by atoms with E-state index in [-0.39, 0.29) is 0 Å². The molecule has 0 radical (unpaired) electrons. The summed E-state index contributed by atoms with van der Waals surface area (Å²) in [6.45, 7) is -0.542. The fraction of sp³-hybridized carbons (Fsp3) is 1.00. The molecule has 0 bridgehead atoms. The fourth-order valence-corrected chi connectivity index (χ4v) is 2.39. The van der Waals surface area contributed by atoms with Gasteiger partial charge in [0.25, 0.3) is 0 Å². The third-order valence-electron chi connectivity index (χ3n) is 4.02. The van der Waals surface area contributed by atoms with Gasteiger partial charge >= 0.3 is 0 Å². The standard InChI is InChI=1S/C13H26O10/c1-5(6(17)2-14)12(7(18)3-15)23-13-11(21)10(20)9(19)8(4-16)22-13/h5-21H,2-4H2,1H3. The Hall–Kier alpha value is -0.400. The number of aliphatic hydroxyl groups excluding tert-OH is 8. The van der Waals surface area contributed by atoms with Crippen molar-refractivity contribution >= 4 is 0 Å². The van der Waals surface area contributed by atoms with Crippen LogP contribution in [0.4, 0.5) is 0 Å². The highest BCUT2D eigenvalue weighted by atomic mass is 16.7. The summed E-state index contributed by atoms with van der Waals surface area (Å²) in [6, 6.07) is 0. The zero-order valence-corrected chi connectivity index (χ0v) is 12.7. The average Bonchev–Trinajstić information content (AvgIpc) is 2.57. The average molecular weight is 342 g/mol. The summed E-state index contributed by atoms with van der Waals surface area (Å²) < 4.78 is 10.5. The molecule has 0 spiro atoms. The SMILES string of the molecule is CC(C(O)CO)C(OC1OC(CO)C(O)C(O)C1O)C(O)CO. The maximum atomic E-state index is 9.90. The van der Waals surface area contributed by atoms with Gasteiger partial charge in [0, 0.05) is 5.92 Å². The van der Waals surface area contributed by atoms with Gasteiger partial charge in [-0.15, -0.1) is 0 Å². The first-order valence-electron chi connectivity index (χ1n) is 7.32. The molecular weight excluding hydrogens is 316 g/mol. The van der Waals surface area contributed by atoms with E-state index < -0.39 is 74.8 Å². The maximum Gasteiger partial charge on any atom is 0.187 e. The molecule has 1 saturated heterocycles. The Balaban J connectivity index is 2.89. The smallest absolute Gasteiger partial charge is 0.187 e. The predicted octanol–water partition coefficient (Wildman–Crippen LogP) is -4.49. The highest BCUT2D eigenvalue weighted by molar-refractivity contribution is 4.90. The van der Waals surface area contributed by atoms with Crippen LogP contribution in [0.5, 0.6) is 0 Å². The van der Waals surface area contributed by atoms with E-state index in [2.05, 4.69) is 0 Å². The minimum atomic E-state index is -1.68. The van der Waals surface area contributed by atoms with Gasteiger partial charge in [-0.1, -0.05) is 6.92 Å². The van der Waals surface area contributed by atoms with E-state index >= 15 is 0 Å². The molecule has 9 atom stereocenters. The van der Waals surface area contributed by atoms with Gasteiger partial charge in [0.05, 0.1) is 32.0 Å². The van der Waals surface area contributed by atoms with Crippen molar-refractivity contribution in [1.29, 1.82) is 0 Å². The van der Waals surface area contributed by atoms with Crippen LogP contribution in [-0.2, 0) is 9.47 Å². The number of rotatable bonds is 8. The van der Waals surface area contributed by atoms with Crippen LogP contribution in [0, 0.1) is 5.92 Å². The van der Waals surface area contributed by atoms with E-state index in [9.17, 15) is 25.5 Å². The van der Waals surface area contributed by atoms with E-state index in [0.717, 1.165) is 0 Å². The van der Waals surface area contributed by atoms with Crippen LogP contribution in [0.1, 0.15) is 6.92 Å². The van der Waals surface area contributed by atoms with Crippen LogP contribution in [0.3, 0.4) is 0 Å². The fourth-order valence-electron chi connectivity index (χ4n) is 2.39. The monoisotopic (exact) mass is 342 g/mol. The lowest BCUT2D eigenvalue weighted by Crippen LogP contribution is -2.61. The molecule has 1 heterocycles. The highest BCUT2D eigenvalue weighted by Gasteiger charge is 2.46. The minimum Gasteiger partial charge on any atom is -0.394 e. The third kappa shape index (κ3) is 4.79. The summed E-state index contributed by atoms with van der Waals surface area (Å²) in [7, 11) is 0. The first kappa shape index (κ1) is 20.6. The molecule has 1 aliphatic rings. The van der Waals surface area contributed by atoms with Gasteiger partial charge in [-0.05, 0) is 0 Å². The lowest BCUT2D eigenvalue weighted by atomic mass is 9.93. The molecule has 0 aromatic carbocycles. The second-order valence-electron chi connectivity index (χ2n) is 5.66. The molecule has 8 N–H and O–H groups in total. The van der Waals surface area contributed by atoms with Gasteiger partial charge in [-0.2, -0.15) is 0 Å². The molecule has 10 nitrogen and oxygen atoms in total. The van der Waals surface area contributed by atoms with E-state index in [0.29, 0.717) is 0 Å². The lowest BCUT2D eigenvalue weighted by Gasteiger charge is -2.42. The molecule has 0 aromatic rings. The van der Waals surface area contributed by atoms with Gasteiger partial charge in [0.15, 0.2) is 6.29 Å². The minimum absolute atomic E-state index is 0.617. The van der Waals surface area contributed by atoms with Crippen LogP contribution in [0.15, 0.2) is 0 Å². The van der Waals surface area contributed by atoms with Crippen LogP contribution in [0.2, 0.25) is 0 Å². The van der Waals surface area contributed by atoms with Gasteiger partial charge in [0.2, 0.25) is 0 Å². The summed E-state index contributed by atoms with van der Waals surface area (Å²) in [6.07, 6.45) is -11.6. The van der Waals surface area contributed by atoms with Crippen molar-refractivity contribution in [3.63, 3.8) is 0 Å². The Kier molecular flexibility index (Phi) is 8.24. The molecule has 1 rings (SSSR count). The van der Waals surface area contributed by atoms with Crippen LogP contribution in [0.25, 0.3) is 0 Å². The van der Waals surface area contributed by atoms with E-state index in [1.165, 1.54) is 6.92 Å². The van der Waals surface area contributed by atoms with Crippen molar-refractivity contribution < 1.29 is 50.3 Å². The van der Waals surface area contributed by atoms with Crippen LogP contribution >= 0.6 is 0 Å². The van der Waals surface area contributed by atoms with Gasteiger partial charge in [0.1, 0.15) is 30.5 Å². The zero-order chi connectivity index (χ0) is 17.7. The second kappa shape index (κ2) is 9.18. The van der Waals surface area contributed by atoms with E-state index in [1.54, 1.807) is 0 Å². The maximum absolute atomic E-state index is 9.90. The molecule has 1 aliphatic heterocycles. The summed E-state index contributed by atoms with van der Waals surface area (Å²) >= 11 is 0. The third-order valence-corrected chi connectivity index (χ3v) is 4.02. The molecule has 23 heavy (non-hydrogen) atoms. The molecule has 0 amide bonds. The van der Waals surface area contributed by atoms with Crippen LogP contribution in [-0.4, -0.2) is 110 Å². The summed E-state index contributed by atoms with van der Waals surface area (Å²) in [5.74, 6) is -0.852. The Bertz CT molecular complexity index is 341. The summed E-state index contributed by atoms with van der Waals surface area (Å²) in [5, 5.41) is 76.0. The highest BCUT2D eigenvalue weighted by Crippen LogP contribution is 2.26. The van der Waals surface area contributed by atoms with Crippen molar-refractivity contribution in [3.8, 4) is 0 Å². The molecule has 138 valence electrons. The molecule has 0 aromatic heterocycles. The Labute approximate surface area is 133 Å². The van der Waals surface area contributed by atoms with Gasteiger partial charge in [-0.25, -0.2) is 0 Å². The first-order valence-corrected chi connectivity index (χ1v) is 7.32. The Morgan fingerprint density at radius 2 is 1.48 bits per heavy atom. The summed E-state index contributed by atoms with van der Waals surface area (Å²) in [5.41, 5.74) is 0. The second-order valence-corrected chi connectivity index (χ2v) is 5.66. The predicted molar refractivity (Wildman–Crippen MR) is 74.0 cm³/mol. The van der Waals surface area contributed by atoms with Crippen molar-refractivity contribution in [2.24, 2.45) is 5.92 Å². The quantitative estimate of drug-likeness (QED) is 0.214. The number of aliphatic hydroxyl groups is 8. The molecule has 9 unspecified atom stereocenters. The zero-order valence-electron chi connectivity index (χ0n) is 12.7. The van der Waals surface area contributed by atoms with Crippen LogP contribution < -0.4 is 0 Å². The lowest BCUT2D eigenvalue weighted by molar-refractivity contribution is -0.323. The van der Waals surface area contributed by atoms with Crippen molar-refractivity contribution in [2.45, 2.75) is 55.9 Å². The van der Waals surface area contributed by atoms with Gasteiger partial charge in [-0.3, -0.25) is 0 Å². The normalized spacial score (nSPS) is 37.2. The number of ether oxygens (including phenoxy) is 2. The summed E-state index contributed by atoms with van der Waals surface area (Å²) in [4.78, 5) is 0. The van der Waals surface area contributed by atoms with Crippen molar-refractivity contribution in [3.05, 3.63) is 0 Å².